The van der Waals surface area contributed by atoms with Gasteiger partial charge in [-0.2, -0.15) is 13.2 Å². The molecule has 0 aliphatic rings. The van der Waals surface area contributed by atoms with Crippen LogP contribution in [-0.2, 0) is 6.61 Å². The van der Waals surface area contributed by atoms with Crippen molar-refractivity contribution in [3.05, 3.63) is 29.8 Å². The molecule has 0 amide bonds. The molecule has 1 nitrogen and oxygen atoms in total. The van der Waals surface area contributed by atoms with Crippen LogP contribution in [-0.4, -0.2) is 17.0 Å². The number of hydrogen-bond donors (Lipinski definition) is 1. The fourth-order valence-electron chi connectivity index (χ4n) is 1.20. The summed E-state index contributed by atoms with van der Waals surface area (Å²) in [7, 11) is 0. The highest BCUT2D eigenvalue weighted by Gasteiger charge is 2.25. The lowest BCUT2D eigenvalue weighted by Crippen LogP contribution is -2.06. The van der Waals surface area contributed by atoms with Crippen molar-refractivity contribution in [1.82, 2.24) is 0 Å². The summed E-state index contributed by atoms with van der Waals surface area (Å²) in [6.07, 6.45) is -4.68. The van der Waals surface area contributed by atoms with Crippen molar-refractivity contribution in [3.63, 3.8) is 0 Å². The van der Waals surface area contributed by atoms with Crippen LogP contribution in [0.5, 0.6) is 0 Å². The molecule has 90 valence electrons. The molecule has 0 unspecified atom stereocenters. The topological polar surface area (TPSA) is 20.2 Å². The van der Waals surface area contributed by atoms with E-state index in [2.05, 4.69) is 0 Å². The van der Waals surface area contributed by atoms with E-state index in [4.69, 9.17) is 5.11 Å². The molecule has 16 heavy (non-hydrogen) atoms. The molecule has 0 spiro atoms. The van der Waals surface area contributed by atoms with Gasteiger partial charge in [-0.25, -0.2) is 0 Å². The van der Waals surface area contributed by atoms with Crippen LogP contribution < -0.4 is 0 Å². The predicted octanol–water partition coefficient (Wildman–Crippen LogP) is 3.61. The zero-order valence-electron chi connectivity index (χ0n) is 8.63. The molecule has 0 fully saturated rings. The smallest absolute Gasteiger partial charge is 0.389 e. The molecule has 0 saturated carbocycles. The lowest BCUT2D eigenvalue weighted by atomic mass is 10.2. The van der Waals surface area contributed by atoms with Gasteiger partial charge in [-0.05, 0) is 29.9 Å². The van der Waals surface area contributed by atoms with Crippen LogP contribution in [0.3, 0.4) is 0 Å². The van der Waals surface area contributed by atoms with Crippen molar-refractivity contribution in [3.8, 4) is 0 Å². The maximum Gasteiger partial charge on any atom is 0.389 e. The van der Waals surface area contributed by atoms with Crippen LogP contribution in [0.15, 0.2) is 29.2 Å². The highest BCUT2D eigenvalue weighted by molar-refractivity contribution is 7.99. The highest BCUT2D eigenvalue weighted by Crippen LogP contribution is 2.25. The first-order valence-corrected chi connectivity index (χ1v) is 5.89. The Morgan fingerprint density at radius 3 is 2.62 bits per heavy atom. The summed E-state index contributed by atoms with van der Waals surface area (Å²) in [5.41, 5.74) is 0.779. The summed E-state index contributed by atoms with van der Waals surface area (Å²) in [6.45, 7) is -0.0447. The van der Waals surface area contributed by atoms with Gasteiger partial charge in [0.15, 0.2) is 0 Å². The maximum absolute atomic E-state index is 11.9. The van der Waals surface area contributed by atoms with Crippen molar-refractivity contribution in [2.45, 2.75) is 30.5 Å². The lowest BCUT2D eigenvalue weighted by Gasteiger charge is -2.06. The number of rotatable bonds is 5. The van der Waals surface area contributed by atoms with E-state index in [0.29, 0.717) is 5.75 Å². The summed E-state index contributed by atoms with van der Waals surface area (Å²) in [5.74, 6) is 0.439. The lowest BCUT2D eigenvalue weighted by molar-refractivity contribution is -0.134. The summed E-state index contributed by atoms with van der Waals surface area (Å²) in [5, 5.41) is 8.88. The Labute approximate surface area is 96.7 Å². The van der Waals surface area contributed by atoms with Crippen molar-refractivity contribution in [1.29, 1.82) is 0 Å². The third kappa shape index (κ3) is 5.42. The molecule has 0 aliphatic carbocycles. The van der Waals surface area contributed by atoms with Crippen molar-refractivity contribution in [2.75, 3.05) is 5.75 Å². The van der Waals surface area contributed by atoms with Crippen LogP contribution in [0.25, 0.3) is 0 Å². The predicted molar refractivity (Wildman–Crippen MR) is 58.4 cm³/mol. The average Bonchev–Trinajstić information content (AvgIpc) is 2.23. The quantitative estimate of drug-likeness (QED) is 0.636. The van der Waals surface area contributed by atoms with Gasteiger partial charge in [0.1, 0.15) is 0 Å². The van der Waals surface area contributed by atoms with Gasteiger partial charge in [0, 0.05) is 11.3 Å². The number of hydrogen-bond acceptors (Lipinski definition) is 2. The molecular weight excluding hydrogens is 237 g/mol. The molecule has 1 N–H and O–H groups in total. The molecule has 0 aromatic heterocycles. The van der Waals surface area contributed by atoms with Gasteiger partial charge in [-0.3, -0.25) is 0 Å². The Morgan fingerprint density at radius 1 is 1.25 bits per heavy atom. The van der Waals surface area contributed by atoms with E-state index in [1.807, 2.05) is 6.07 Å². The Balaban J connectivity index is 2.32. The minimum Gasteiger partial charge on any atom is -0.392 e. The van der Waals surface area contributed by atoms with Gasteiger partial charge in [0.2, 0.25) is 0 Å². The van der Waals surface area contributed by atoms with Crippen LogP contribution in [0.4, 0.5) is 13.2 Å². The Morgan fingerprint density at radius 2 is 2.00 bits per heavy atom. The van der Waals surface area contributed by atoms with Crippen LogP contribution >= 0.6 is 11.8 Å². The Kier molecular flexibility index (Phi) is 5.15. The zero-order valence-corrected chi connectivity index (χ0v) is 9.44. The Hall–Kier alpha value is -0.680. The van der Waals surface area contributed by atoms with Gasteiger partial charge in [0.05, 0.1) is 6.61 Å². The SMILES string of the molecule is OCc1cccc(SCCCC(F)(F)F)c1. The van der Waals surface area contributed by atoms with E-state index in [0.717, 1.165) is 10.5 Å². The molecular formula is C11H13F3OS. The van der Waals surface area contributed by atoms with E-state index in [1.165, 1.54) is 11.8 Å². The molecule has 0 atom stereocenters. The van der Waals surface area contributed by atoms with E-state index in [1.54, 1.807) is 18.2 Å². The first-order chi connectivity index (χ1) is 7.51. The fraction of sp³-hybridized carbons (Fsp3) is 0.455. The molecule has 0 saturated heterocycles. The number of aliphatic hydroxyl groups excluding tert-OH is 1. The monoisotopic (exact) mass is 250 g/mol. The first kappa shape index (κ1) is 13.4. The number of halogens is 3. The summed E-state index contributed by atoms with van der Waals surface area (Å²) >= 11 is 1.38. The molecule has 0 radical (unpaired) electrons. The number of aliphatic hydroxyl groups is 1. The average molecular weight is 250 g/mol. The normalized spacial score (nSPS) is 11.8. The standard InChI is InChI=1S/C11H13F3OS/c12-11(13,14)5-2-6-16-10-4-1-3-9(7-10)8-15/h1,3-4,7,15H,2,5-6,8H2. The molecule has 1 aromatic rings. The third-order valence-corrected chi connectivity index (χ3v) is 3.03. The van der Waals surface area contributed by atoms with Gasteiger partial charge in [0.25, 0.3) is 0 Å². The highest BCUT2D eigenvalue weighted by atomic mass is 32.2. The van der Waals surface area contributed by atoms with E-state index < -0.39 is 12.6 Å². The molecule has 1 aromatic carbocycles. The second kappa shape index (κ2) is 6.15. The van der Waals surface area contributed by atoms with Crippen LogP contribution in [0.2, 0.25) is 0 Å². The van der Waals surface area contributed by atoms with Gasteiger partial charge in [-0.1, -0.05) is 12.1 Å². The fourth-order valence-corrected chi connectivity index (χ4v) is 2.13. The van der Waals surface area contributed by atoms with E-state index >= 15 is 0 Å². The third-order valence-electron chi connectivity index (χ3n) is 1.95. The Bertz CT molecular complexity index is 325. The van der Waals surface area contributed by atoms with Crippen LogP contribution in [0, 0.1) is 0 Å². The summed E-state index contributed by atoms with van der Waals surface area (Å²) in [6, 6.07) is 7.19. The molecule has 0 heterocycles. The minimum atomic E-state index is -4.06. The number of benzene rings is 1. The largest absolute Gasteiger partial charge is 0.392 e. The van der Waals surface area contributed by atoms with E-state index in [9.17, 15) is 13.2 Å². The second-order valence-electron chi connectivity index (χ2n) is 3.37. The van der Waals surface area contributed by atoms with E-state index in [-0.39, 0.29) is 13.0 Å². The van der Waals surface area contributed by atoms with Crippen molar-refractivity contribution >= 4 is 11.8 Å². The second-order valence-corrected chi connectivity index (χ2v) is 4.54. The molecule has 1 rings (SSSR count). The molecule has 0 bridgehead atoms. The van der Waals surface area contributed by atoms with Crippen molar-refractivity contribution < 1.29 is 18.3 Å². The van der Waals surface area contributed by atoms with Gasteiger partial charge in [-0.15, -0.1) is 11.8 Å². The molecule has 0 aliphatic heterocycles. The van der Waals surface area contributed by atoms with Gasteiger partial charge < -0.3 is 5.11 Å². The first-order valence-electron chi connectivity index (χ1n) is 4.90. The minimum absolute atomic E-state index is 0.0447. The summed E-state index contributed by atoms with van der Waals surface area (Å²) < 4.78 is 35.6. The number of alkyl halides is 3. The van der Waals surface area contributed by atoms with Gasteiger partial charge >= 0.3 is 6.18 Å². The maximum atomic E-state index is 11.9. The molecule has 5 heteroatoms. The summed E-state index contributed by atoms with van der Waals surface area (Å²) in [4.78, 5) is 0.897. The zero-order chi connectivity index (χ0) is 12.0. The van der Waals surface area contributed by atoms with Crippen LogP contribution in [0.1, 0.15) is 18.4 Å². The number of thioether (sulfide) groups is 1. The van der Waals surface area contributed by atoms with Crippen molar-refractivity contribution in [2.24, 2.45) is 0 Å².